The largest absolute Gasteiger partial charge is 0.289 e. The molecule has 0 heterocycles. The molecule has 0 unspecified atom stereocenters. The number of nitrogens with zero attached hydrogens (tertiary/aromatic N) is 1. The van der Waals surface area contributed by atoms with Crippen molar-refractivity contribution in [2.45, 2.75) is 4.90 Å². The maximum atomic E-state index is 12.3. The fourth-order valence-electron chi connectivity index (χ4n) is 1.61. The topological polar surface area (TPSA) is 89.3 Å². The first-order valence-corrected chi connectivity index (χ1v) is 8.59. The average Bonchev–Trinajstić information content (AvgIpc) is 2.42. The Morgan fingerprint density at radius 1 is 1.10 bits per heavy atom. The fraction of sp³-hybridized carbons (Fsp3) is 0. The van der Waals surface area contributed by atoms with Crippen molar-refractivity contribution in [1.29, 1.82) is 0 Å². The number of anilines is 1. The van der Waals surface area contributed by atoms with Crippen LogP contribution in [0.25, 0.3) is 0 Å². The molecule has 0 fully saturated rings. The number of nitrogens with one attached hydrogen (secondary N) is 1. The van der Waals surface area contributed by atoms with Crippen molar-refractivity contribution in [3.8, 4) is 0 Å². The summed E-state index contributed by atoms with van der Waals surface area (Å²) >= 11 is 6.48. The average molecular weight is 436 g/mol. The van der Waals surface area contributed by atoms with Crippen LogP contribution in [0.15, 0.2) is 56.3 Å². The van der Waals surface area contributed by atoms with E-state index in [1.807, 2.05) is 0 Å². The maximum absolute atomic E-state index is 12.3. The van der Waals surface area contributed by atoms with Crippen LogP contribution in [0.3, 0.4) is 0 Å². The maximum Gasteiger partial charge on any atom is 0.289 e. The summed E-state index contributed by atoms with van der Waals surface area (Å²) in [7, 11) is -4.06. The van der Waals surface area contributed by atoms with Crippen molar-refractivity contribution >= 4 is 53.3 Å². The van der Waals surface area contributed by atoms with Crippen LogP contribution in [-0.2, 0) is 10.0 Å². The van der Waals surface area contributed by atoms with Gasteiger partial charge >= 0.3 is 0 Å². The SMILES string of the molecule is O=[N+]([O-])c1ccccc1S(=O)(=O)Nc1ccc(Br)cc1Br. The van der Waals surface area contributed by atoms with Crippen LogP contribution in [0.2, 0.25) is 0 Å². The van der Waals surface area contributed by atoms with Gasteiger partial charge in [-0.1, -0.05) is 28.1 Å². The van der Waals surface area contributed by atoms with E-state index in [-0.39, 0.29) is 10.6 Å². The predicted molar refractivity (Wildman–Crippen MR) is 85.7 cm³/mol. The minimum atomic E-state index is -4.06. The molecule has 0 aliphatic rings. The number of hydrogen-bond acceptors (Lipinski definition) is 4. The van der Waals surface area contributed by atoms with Crippen molar-refractivity contribution < 1.29 is 13.3 Å². The van der Waals surface area contributed by atoms with E-state index in [0.717, 1.165) is 10.5 Å². The summed E-state index contributed by atoms with van der Waals surface area (Å²) in [5.41, 5.74) is -0.186. The molecule has 0 bridgehead atoms. The van der Waals surface area contributed by atoms with Gasteiger partial charge in [-0.25, -0.2) is 8.42 Å². The van der Waals surface area contributed by atoms with Crippen molar-refractivity contribution in [3.63, 3.8) is 0 Å². The number of nitro benzene ring substituents is 1. The van der Waals surface area contributed by atoms with E-state index < -0.39 is 20.6 Å². The van der Waals surface area contributed by atoms with Gasteiger partial charge in [-0.2, -0.15) is 0 Å². The lowest BCUT2D eigenvalue weighted by Crippen LogP contribution is -2.15. The molecule has 9 heteroatoms. The van der Waals surface area contributed by atoms with Gasteiger partial charge in [0.1, 0.15) is 0 Å². The molecular formula is C12H8Br2N2O4S. The Morgan fingerprint density at radius 2 is 1.76 bits per heavy atom. The minimum Gasteiger partial charge on any atom is -0.278 e. The zero-order valence-electron chi connectivity index (χ0n) is 10.3. The Morgan fingerprint density at radius 3 is 2.38 bits per heavy atom. The molecule has 2 aromatic rings. The highest BCUT2D eigenvalue weighted by Gasteiger charge is 2.25. The second-order valence-electron chi connectivity index (χ2n) is 3.95. The quantitative estimate of drug-likeness (QED) is 0.582. The number of benzene rings is 2. The molecule has 0 aliphatic carbocycles. The number of hydrogen-bond donors (Lipinski definition) is 1. The minimum absolute atomic E-state index is 0.288. The molecule has 2 aromatic carbocycles. The third-order valence-electron chi connectivity index (χ3n) is 2.53. The Bertz CT molecular complexity index is 809. The lowest BCUT2D eigenvalue weighted by atomic mass is 10.3. The third-order valence-corrected chi connectivity index (χ3v) is 5.09. The van der Waals surface area contributed by atoms with Crippen molar-refractivity contribution in [2.75, 3.05) is 4.72 Å². The van der Waals surface area contributed by atoms with E-state index >= 15 is 0 Å². The molecule has 0 saturated carbocycles. The molecule has 0 aromatic heterocycles. The van der Waals surface area contributed by atoms with Crippen LogP contribution in [0, 0.1) is 10.1 Å². The zero-order valence-corrected chi connectivity index (χ0v) is 14.3. The van der Waals surface area contributed by atoms with Gasteiger partial charge in [-0.3, -0.25) is 14.8 Å². The molecule has 0 spiro atoms. The standard InChI is InChI=1S/C12H8Br2N2O4S/c13-8-5-6-10(9(14)7-8)15-21(19,20)12-4-2-1-3-11(12)16(17)18/h1-7,15H. The highest BCUT2D eigenvalue weighted by molar-refractivity contribution is 9.11. The van der Waals surface area contributed by atoms with Gasteiger partial charge in [0.2, 0.25) is 0 Å². The Balaban J connectivity index is 2.46. The second kappa shape index (κ2) is 6.12. The summed E-state index contributed by atoms with van der Waals surface area (Å²) in [4.78, 5) is 9.81. The summed E-state index contributed by atoms with van der Waals surface area (Å²) in [6.07, 6.45) is 0. The first-order chi connectivity index (χ1) is 9.81. The summed E-state index contributed by atoms with van der Waals surface area (Å²) in [5, 5.41) is 10.9. The first-order valence-electron chi connectivity index (χ1n) is 5.52. The highest BCUT2D eigenvalue weighted by Crippen LogP contribution is 2.30. The van der Waals surface area contributed by atoms with Crippen LogP contribution in [0.4, 0.5) is 11.4 Å². The highest BCUT2D eigenvalue weighted by atomic mass is 79.9. The Labute approximate surface area is 137 Å². The molecule has 21 heavy (non-hydrogen) atoms. The molecule has 1 N–H and O–H groups in total. The monoisotopic (exact) mass is 434 g/mol. The van der Waals surface area contributed by atoms with Gasteiger partial charge in [0.15, 0.2) is 4.90 Å². The van der Waals surface area contributed by atoms with E-state index in [0.29, 0.717) is 4.47 Å². The fourth-order valence-corrected chi connectivity index (χ4v) is 4.14. The Kier molecular flexibility index (Phi) is 4.64. The first kappa shape index (κ1) is 15.9. The molecule has 0 radical (unpaired) electrons. The number of halogens is 2. The molecule has 0 aliphatic heterocycles. The molecule has 0 atom stereocenters. The molecule has 0 amide bonds. The number of rotatable bonds is 4. The van der Waals surface area contributed by atoms with Crippen LogP contribution in [0.5, 0.6) is 0 Å². The van der Waals surface area contributed by atoms with E-state index in [4.69, 9.17) is 0 Å². The van der Waals surface area contributed by atoms with Gasteiger partial charge in [-0.15, -0.1) is 0 Å². The van der Waals surface area contributed by atoms with Crippen LogP contribution >= 0.6 is 31.9 Å². The zero-order chi connectivity index (χ0) is 15.6. The smallest absolute Gasteiger partial charge is 0.278 e. The third kappa shape index (κ3) is 3.60. The molecule has 2 rings (SSSR count). The van der Waals surface area contributed by atoms with E-state index in [1.54, 1.807) is 18.2 Å². The molecule has 6 nitrogen and oxygen atoms in total. The van der Waals surface area contributed by atoms with Gasteiger partial charge < -0.3 is 0 Å². The summed E-state index contributed by atoms with van der Waals surface area (Å²) < 4.78 is 28.2. The van der Waals surface area contributed by atoms with Crippen molar-refractivity contribution in [1.82, 2.24) is 0 Å². The van der Waals surface area contributed by atoms with Crippen molar-refractivity contribution in [3.05, 3.63) is 61.5 Å². The van der Waals surface area contributed by atoms with E-state index in [2.05, 4.69) is 36.6 Å². The number of sulfonamides is 1. The lowest BCUT2D eigenvalue weighted by Gasteiger charge is -2.10. The Hall–Kier alpha value is -1.45. The summed E-state index contributed by atoms with van der Waals surface area (Å²) in [6.45, 7) is 0. The normalized spacial score (nSPS) is 11.1. The van der Waals surface area contributed by atoms with Crippen LogP contribution in [0.1, 0.15) is 0 Å². The van der Waals surface area contributed by atoms with Gasteiger partial charge in [-0.05, 0) is 40.2 Å². The van der Waals surface area contributed by atoms with Gasteiger partial charge in [0, 0.05) is 15.0 Å². The second-order valence-corrected chi connectivity index (χ2v) is 7.38. The van der Waals surface area contributed by atoms with E-state index in [9.17, 15) is 18.5 Å². The molecular weight excluding hydrogens is 428 g/mol. The lowest BCUT2D eigenvalue weighted by molar-refractivity contribution is -0.387. The number of para-hydroxylation sites is 1. The van der Waals surface area contributed by atoms with Gasteiger partial charge in [0.25, 0.3) is 15.7 Å². The van der Waals surface area contributed by atoms with Crippen LogP contribution in [-0.4, -0.2) is 13.3 Å². The predicted octanol–water partition coefficient (Wildman–Crippen LogP) is 3.92. The summed E-state index contributed by atoms with van der Waals surface area (Å²) in [6, 6.07) is 10.0. The van der Waals surface area contributed by atoms with E-state index in [1.165, 1.54) is 18.2 Å². The molecule has 110 valence electrons. The van der Waals surface area contributed by atoms with Crippen molar-refractivity contribution in [2.24, 2.45) is 0 Å². The number of nitro groups is 1. The van der Waals surface area contributed by atoms with Gasteiger partial charge in [0.05, 0.1) is 10.6 Å². The summed E-state index contributed by atoms with van der Waals surface area (Å²) in [5.74, 6) is 0. The molecule has 0 saturated heterocycles. The van der Waals surface area contributed by atoms with Crippen LogP contribution < -0.4 is 4.72 Å².